The molecule has 6 nitrogen and oxygen atoms in total. The van der Waals surface area contributed by atoms with E-state index in [1.54, 1.807) is 16.8 Å². The van der Waals surface area contributed by atoms with E-state index in [2.05, 4.69) is 10.4 Å². The summed E-state index contributed by atoms with van der Waals surface area (Å²) in [6, 6.07) is 7.73. The molecule has 0 unspecified atom stereocenters. The van der Waals surface area contributed by atoms with Crippen LogP contribution in [-0.4, -0.2) is 44.9 Å². The summed E-state index contributed by atoms with van der Waals surface area (Å²) in [4.78, 5) is 14.7. The van der Waals surface area contributed by atoms with Gasteiger partial charge in [-0.15, -0.1) is 0 Å². The summed E-state index contributed by atoms with van der Waals surface area (Å²) in [5.41, 5.74) is 2.41. The number of hydrogen-bond acceptors (Lipinski definition) is 3. The first-order valence-corrected chi connectivity index (χ1v) is 9.92. The zero-order valence-corrected chi connectivity index (χ0v) is 16.1. The summed E-state index contributed by atoms with van der Waals surface area (Å²) in [5, 5.41) is 16.7. The zero-order valence-electron chi connectivity index (χ0n) is 16.1. The number of nitrogens with one attached hydrogen (secondary N) is 1. The molecule has 0 spiro atoms. The molecule has 6 heteroatoms. The smallest absolute Gasteiger partial charge is 0.317 e. The predicted molar refractivity (Wildman–Crippen MR) is 106 cm³/mol. The number of piperidine rings is 1. The summed E-state index contributed by atoms with van der Waals surface area (Å²) >= 11 is 0. The van der Waals surface area contributed by atoms with Crippen molar-refractivity contribution in [1.82, 2.24) is 20.0 Å². The van der Waals surface area contributed by atoms with E-state index in [1.807, 2.05) is 36.5 Å². The van der Waals surface area contributed by atoms with Gasteiger partial charge >= 0.3 is 6.03 Å². The van der Waals surface area contributed by atoms with Crippen molar-refractivity contribution in [2.24, 2.45) is 7.05 Å². The van der Waals surface area contributed by atoms with Gasteiger partial charge in [-0.2, -0.15) is 5.10 Å². The Labute approximate surface area is 161 Å². The SMILES string of the molecule is Cn1cc(CCCNC(=O)N2CCCC[C@@H]2CCc2ccc(O)cc2)cn1. The number of urea groups is 1. The number of rotatable bonds is 7. The highest BCUT2D eigenvalue weighted by Crippen LogP contribution is 2.22. The van der Waals surface area contributed by atoms with Gasteiger partial charge in [-0.25, -0.2) is 4.79 Å². The van der Waals surface area contributed by atoms with Crippen molar-refractivity contribution in [2.75, 3.05) is 13.1 Å². The number of aromatic nitrogens is 2. The molecule has 0 bridgehead atoms. The summed E-state index contributed by atoms with van der Waals surface area (Å²) in [6.45, 7) is 1.53. The highest BCUT2D eigenvalue weighted by molar-refractivity contribution is 5.74. The monoisotopic (exact) mass is 370 g/mol. The van der Waals surface area contributed by atoms with Crippen molar-refractivity contribution in [3.05, 3.63) is 47.8 Å². The highest BCUT2D eigenvalue weighted by Gasteiger charge is 2.26. The minimum absolute atomic E-state index is 0.0663. The lowest BCUT2D eigenvalue weighted by Crippen LogP contribution is -2.49. The fourth-order valence-corrected chi connectivity index (χ4v) is 3.75. The molecule has 1 aromatic heterocycles. The molecule has 1 aromatic carbocycles. The molecule has 3 rings (SSSR count). The van der Waals surface area contributed by atoms with Crippen LogP contribution in [0.2, 0.25) is 0 Å². The molecular formula is C21H30N4O2. The van der Waals surface area contributed by atoms with E-state index in [0.29, 0.717) is 18.3 Å². The molecular weight excluding hydrogens is 340 g/mol. The molecule has 1 atom stereocenters. The lowest BCUT2D eigenvalue weighted by molar-refractivity contribution is 0.146. The van der Waals surface area contributed by atoms with Crippen LogP contribution < -0.4 is 5.32 Å². The molecule has 146 valence electrons. The van der Waals surface area contributed by atoms with Crippen molar-refractivity contribution in [1.29, 1.82) is 0 Å². The number of phenols is 1. The van der Waals surface area contributed by atoms with Crippen LogP contribution in [0.1, 0.15) is 43.2 Å². The summed E-state index contributed by atoms with van der Waals surface area (Å²) < 4.78 is 1.81. The first-order valence-electron chi connectivity index (χ1n) is 9.92. The topological polar surface area (TPSA) is 70.4 Å². The minimum atomic E-state index is 0.0663. The van der Waals surface area contributed by atoms with Crippen molar-refractivity contribution in [3.63, 3.8) is 0 Å². The number of aryl methyl sites for hydroxylation is 3. The van der Waals surface area contributed by atoms with Gasteiger partial charge in [0.2, 0.25) is 0 Å². The fraction of sp³-hybridized carbons (Fsp3) is 0.524. The van der Waals surface area contributed by atoms with Gasteiger partial charge in [0, 0.05) is 32.4 Å². The van der Waals surface area contributed by atoms with E-state index in [-0.39, 0.29) is 6.03 Å². The largest absolute Gasteiger partial charge is 0.508 e. The molecule has 0 radical (unpaired) electrons. The lowest BCUT2D eigenvalue weighted by atomic mass is 9.96. The average Bonchev–Trinajstić information content (AvgIpc) is 3.10. The Hall–Kier alpha value is -2.50. The third-order valence-electron chi connectivity index (χ3n) is 5.27. The van der Waals surface area contributed by atoms with Gasteiger partial charge < -0.3 is 15.3 Å². The third-order valence-corrected chi connectivity index (χ3v) is 5.27. The van der Waals surface area contributed by atoms with E-state index in [0.717, 1.165) is 45.1 Å². The fourth-order valence-electron chi connectivity index (χ4n) is 3.75. The number of nitrogens with zero attached hydrogens (tertiary/aromatic N) is 3. The molecule has 1 aliphatic heterocycles. The summed E-state index contributed by atoms with van der Waals surface area (Å²) in [7, 11) is 1.92. The maximum Gasteiger partial charge on any atom is 0.317 e. The Bertz CT molecular complexity index is 726. The Morgan fingerprint density at radius 3 is 2.78 bits per heavy atom. The van der Waals surface area contributed by atoms with Crippen molar-refractivity contribution in [3.8, 4) is 5.75 Å². The Kier molecular flexibility index (Phi) is 6.74. The van der Waals surface area contributed by atoms with E-state index in [9.17, 15) is 9.90 Å². The molecule has 1 aliphatic rings. The van der Waals surface area contributed by atoms with Crippen LogP contribution in [0.25, 0.3) is 0 Å². The van der Waals surface area contributed by atoms with Gasteiger partial charge in [-0.3, -0.25) is 4.68 Å². The maximum atomic E-state index is 12.6. The van der Waals surface area contributed by atoms with Gasteiger partial charge in [0.15, 0.2) is 0 Å². The normalized spacial score (nSPS) is 17.1. The van der Waals surface area contributed by atoms with Crippen molar-refractivity contribution in [2.45, 2.75) is 51.0 Å². The molecule has 0 saturated carbocycles. The number of likely N-dealkylation sites (tertiary alicyclic amines) is 1. The van der Waals surface area contributed by atoms with Crippen LogP contribution in [0.3, 0.4) is 0 Å². The van der Waals surface area contributed by atoms with Crippen LogP contribution in [0.4, 0.5) is 4.79 Å². The van der Waals surface area contributed by atoms with Crippen LogP contribution in [0, 0.1) is 0 Å². The van der Waals surface area contributed by atoms with Crippen LogP contribution >= 0.6 is 0 Å². The highest BCUT2D eigenvalue weighted by atomic mass is 16.3. The van der Waals surface area contributed by atoms with Crippen molar-refractivity contribution >= 4 is 6.03 Å². The van der Waals surface area contributed by atoms with Gasteiger partial charge in [0.1, 0.15) is 5.75 Å². The number of benzene rings is 1. The van der Waals surface area contributed by atoms with E-state index < -0.39 is 0 Å². The number of hydrogen-bond donors (Lipinski definition) is 2. The second-order valence-corrected chi connectivity index (χ2v) is 7.41. The predicted octanol–water partition coefficient (Wildman–Crippen LogP) is 3.26. The molecule has 27 heavy (non-hydrogen) atoms. The second kappa shape index (κ2) is 9.44. The average molecular weight is 370 g/mol. The lowest BCUT2D eigenvalue weighted by Gasteiger charge is -2.36. The van der Waals surface area contributed by atoms with Gasteiger partial charge in [0.05, 0.1) is 6.20 Å². The van der Waals surface area contributed by atoms with E-state index >= 15 is 0 Å². The third kappa shape index (κ3) is 5.74. The summed E-state index contributed by atoms with van der Waals surface area (Å²) in [6.07, 6.45) is 11.0. The number of amides is 2. The molecule has 2 aromatic rings. The van der Waals surface area contributed by atoms with E-state index in [1.165, 1.54) is 17.5 Å². The first-order chi connectivity index (χ1) is 13.1. The molecule has 2 amide bonds. The quantitative estimate of drug-likeness (QED) is 0.735. The molecule has 1 fully saturated rings. The van der Waals surface area contributed by atoms with E-state index in [4.69, 9.17) is 0 Å². The van der Waals surface area contributed by atoms with Crippen LogP contribution in [0.15, 0.2) is 36.7 Å². The van der Waals surface area contributed by atoms with Gasteiger partial charge in [-0.1, -0.05) is 12.1 Å². The minimum Gasteiger partial charge on any atom is -0.508 e. The number of aromatic hydroxyl groups is 1. The van der Waals surface area contributed by atoms with Crippen molar-refractivity contribution < 1.29 is 9.90 Å². The first kappa shape index (κ1) is 19.3. The standard InChI is InChI=1S/C21H30N4O2/c1-24-16-18(15-23-24)5-4-13-22-21(27)25-14-3-2-6-19(25)10-7-17-8-11-20(26)12-9-17/h8-9,11-12,15-16,19,26H,2-7,10,13-14H2,1H3,(H,22,27)/t19-/m1/s1. The Balaban J connectivity index is 1.43. The van der Waals surface area contributed by atoms with Crippen LogP contribution in [-0.2, 0) is 19.9 Å². The Morgan fingerprint density at radius 1 is 1.22 bits per heavy atom. The molecule has 2 N–H and O–H groups in total. The second-order valence-electron chi connectivity index (χ2n) is 7.41. The number of phenolic OH excluding ortho intramolecular Hbond substituents is 1. The van der Waals surface area contributed by atoms with Crippen LogP contribution in [0.5, 0.6) is 5.75 Å². The molecule has 2 heterocycles. The zero-order chi connectivity index (χ0) is 19.1. The number of carbonyl (C=O) groups is 1. The van der Waals surface area contributed by atoms with Gasteiger partial charge in [0.25, 0.3) is 0 Å². The van der Waals surface area contributed by atoms with Gasteiger partial charge in [-0.05, 0) is 68.2 Å². The number of carbonyl (C=O) groups excluding carboxylic acids is 1. The maximum absolute atomic E-state index is 12.6. The molecule has 0 aliphatic carbocycles. The molecule has 1 saturated heterocycles. The Morgan fingerprint density at radius 2 is 2.04 bits per heavy atom. The summed E-state index contributed by atoms with van der Waals surface area (Å²) in [5.74, 6) is 0.295.